The summed E-state index contributed by atoms with van der Waals surface area (Å²) in [4.78, 5) is 2.13. The minimum absolute atomic E-state index is 0.189. The quantitative estimate of drug-likeness (QED) is 0.252. The Labute approximate surface area is 179 Å². The molecule has 0 bridgehead atoms. The first kappa shape index (κ1) is 20.1. The monoisotopic (exact) mass is 408 g/mol. The Balaban J connectivity index is 1.70. The number of anilines is 3. The predicted octanol–water partition coefficient (Wildman–Crippen LogP) is 7.50. The van der Waals surface area contributed by atoms with E-state index in [4.69, 9.17) is 0 Å². The van der Waals surface area contributed by atoms with Crippen LogP contribution in [0.25, 0.3) is 11.6 Å². The minimum Gasteiger partial charge on any atom is -0.311 e. The topological polar surface area (TPSA) is 27.0 Å². The predicted molar refractivity (Wildman–Crippen MR) is 121 cm³/mol. The molecule has 4 aromatic rings. The first-order chi connectivity index (χ1) is 15.1. The van der Waals surface area contributed by atoms with Crippen LogP contribution in [0, 0.1) is 23.0 Å². The SMILES string of the molecule is N#C/C(=C\c1ccc(N(c2ccccc2)c2ccccc2)cc1)c1cc(F)cc(F)c1. The van der Waals surface area contributed by atoms with Crippen molar-refractivity contribution in [1.29, 1.82) is 5.26 Å². The number of benzene rings is 4. The second kappa shape index (κ2) is 9.06. The van der Waals surface area contributed by atoms with Crippen LogP contribution >= 0.6 is 0 Å². The molecular weight excluding hydrogens is 390 g/mol. The maximum absolute atomic E-state index is 13.5. The van der Waals surface area contributed by atoms with Gasteiger partial charge in [0, 0.05) is 23.1 Å². The standard InChI is InChI=1S/C27H18F2N2/c28-23-16-21(17-24(29)18-23)22(19-30)15-20-11-13-27(14-12-20)31(25-7-3-1-4-8-25)26-9-5-2-6-10-26/h1-18H/b22-15+. The van der Waals surface area contributed by atoms with Gasteiger partial charge in [-0.05, 0) is 65.7 Å². The van der Waals surface area contributed by atoms with E-state index in [0.717, 1.165) is 40.8 Å². The molecule has 4 rings (SSSR count). The molecule has 0 radical (unpaired) electrons. The van der Waals surface area contributed by atoms with Crippen molar-refractivity contribution in [2.24, 2.45) is 0 Å². The molecule has 0 atom stereocenters. The van der Waals surface area contributed by atoms with Crippen molar-refractivity contribution in [3.05, 3.63) is 126 Å². The summed E-state index contributed by atoms with van der Waals surface area (Å²) < 4.78 is 27.1. The number of nitriles is 1. The van der Waals surface area contributed by atoms with E-state index in [1.165, 1.54) is 0 Å². The highest BCUT2D eigenvalue weighted by atomic mass is 19.1. The summed E-state index contributed by atoms with van der Waals surface area (Å²) in [5.41, 5.74) is 4.14. The van der Waals surface area contributed by atoms with Crippen LogP contribution in [0.3, 0.4) is 0 Å². The van der Waals surface area contributed by atoms with Crippen LogP contribution in [0.2, 0.25) is 0 Å². The van der Waals surface area contributed by atoms with Crippen molar-refractivity contribution in [3.8, 4) is 6.07 Å². The molecule has 0 amide bonds. The normalized spacial score (nSPS) is 11.1. The molecule has 4 aromatic carbocycles. The lowest BCUT2D eigenvalue weighted by Gasteiger charge is -2.25. The number of allylic oxidation sites excluding steroid dienone is 1. The lowest BCUT2D eigenvalue weighted by Crippen LogP contribution is -2.09. The van der Waals surface area contributed by atoms with E-state index < -0.39 is 11.6 Å². The number of rotatable bonds is 5. The lowest BCUT2D eigenvalue weighted by molar-refractivity contribution is 0.582. The highest BCUT2D eigenvalue weighted by molar-refractivity contribution is 5.90. The van der Waals surface area contributed by atoms with E-state index in [9.17, 15) is 14.0 Å². The molecule has 0 fully saturated rings. The van der Waals surface area contributed by atoms with E-state index in [0.29, 0.717) is 0 Å². The Bertz CT molecular complexity index is 1180. The fourth-order valence-electron chi connectivity index (χ4n) is 3.38. The summed E-state index contributed by atoms with van der Waals surface area (Å²) in [5, 5.41) is 9.49. The van der Waals surface area contributed by atoms with E-state index in [1.54, 1.807) is 6.08 Å². The Kier molecular flexibility index (Phi) is 5.86. The molecular formula is C27H18F2N2. The van der Waals surface area contributed by atoms with Gasteiger partial charge in [-0.15, -0.1) is 0 Å². The van der Waals surface area contributed by atoms with Gasteiger partial charge in [0.2, 0.25) is 0 Å². The number of nitrogens with zero attached hydrogens (tertiary/aromatic N) is 2. The Morgan fingerprint density at radius 2 is 1.16 bits per heavy atom. The van der Waals surface area contributed by atoms with Crippen LogP contribution in [-0.2, 0) is 0 Å². The Morgan fingerprint density at radius 1 is 0.677 bits per heavy atom. The molecule has 0 saturated carbocycles. The van der Waals surface area contributed by atoms with Gasteiger partial charge in [-0.2, -0.15) is 5.26 Å². The number of hydrogen-bond acceptors (Lipinski definition) is 2. The molecule has 0 saturated heterocycles. The zero-order valence-corrected chi connectivity index (χ0v) is 16.5. The fraction of sp³-hybridized carbons (Fsp3) is 0. The third-order valence-electron chi connectivity index (χ3n) is 4.79. The summed E-state index contributed by atoms with van der Waals surface area (Å²) in [6.45, 7) is 0. The lowest BCUT2D eigenvalue weighted by atomic mass is 10.0. The Hall–Kier alpha value is -4.23. The van der Waals surface area contributed by atoms with Crippen LogP contribution < -0.4 is 4.90 Å². The van der Waals surface area contributed by atoms with Gasteiger partial charge in [0.1, 0.15) is 11.6 Å². The summed E-state index contributed by atoms with van der Waals surface area (Å²) in [7, 11) is 0. The van der Waals surface area contributed by atoms with Crippen molar-refractivity contribution < 1.29 is 8.78 Å². The molecule has 2 nitrogen and oxygen atoms in total. The molecule has 0 aliphatic carbocycles. The van der Waals surface area contributed by atoms with Crippen LogP contribution in [0.5, 0.6) is 0 Å². The largest absolute Gasteiger partial charge is 0.311 e. The molecule has 0 aliphatic heterocycles. The van der Waals surface area contributed by atoms with Crippen molar-refractivity contribution in [2.75, 3.05) is 4.90 Å². The first-order valence-corrected chi connectivity index (χ1v) is 9.72. The van der Waals surface area contributed by atoms with Crippen molar-refractivity contribution in [1.82, 2.24) is 0 Å². The molecule has 0 unspecified atom stereocenters. The molecule has 0 spiro atoms. The van der Waals surface area contributed by atoms with Crippen LogP contribution in [-0.4, -0.2) is 0 Å². The maximum atomic E-state index is 13.5. The van der Waals surface area contributed by atoms with Gasteiger partial charge < -0.3 is 4.90 Å². The first-order valence-electron chi connectivity index (χ1n) is 9.72. The summed E-state index contributed by atoms with van der Waals surface area (Å²) in [6, 6.07) is 32.8. The van der Waals surface area contributed by atoms with Gasteiger partial charge in [0.05, 0.1) is 11.6 Å². The van der Waals surface area contributed by atoms with E-state index in [1.807, 2.05) is 91.0 Å². The fourth-order valence-corrected chi connectivity index (χ4v) is 3.38. The molecule has 0 heterocycles. The Morgan fingerprint density at radius 3 is 1.65 bits per heavy atom. The highest BCUT2D eigenvalue weighted by Gasteiger charge is 2.12. The summed E-state index contributed by atoms with van der Waals surface area (Å²) >= 11 is 0. The van der Waals surface area contributed by atoms with Gasteiger partial charge in [-0.3, -0.25) is 0 Å². The molecule has 150 valence electrons. The van der Waals surface area contributed by atoms with Crippen LogP contribution in [0.4, 0.5) is 25.8 Å². The zero-order valence-electron chi connectivity index (χ0n) is 16.5. The molecule has 4 heteroatoms. The van der Waals surface area contributed by atoms with Gasteiger partial charge in [-0.1, -0.05) is 48.5 Å². The van der Waals surface area contributed by atoms with Crippen molar-refractivity contribution in [3.63, 3.8) is 0 Å². The third kappa shape index (κ3) is 4.68. The second-order valence-corrected chi connectivity index (χ2v) is 6.93. The average Bonchev–Trinajstić information content (AvgIpc) is 2.79. The van der Waals surface area contributed by atoms with Crippen LogP contribution in [0.15, 0.2) is 103 Å². The average molecular weight is 408 g/mol. The maximum Gasteiger partial charge on any atom is 0.126 e. The van der Waals surface area contributed by atoms with E-state index >= 15 is 0 Å². The van der Waals surface area contributed by atoms with E-state index in [-0.39, 0.29) is 11.1 Å². The van der Waals surface area contributed by atoms with Gasteiger partial charge >= 0.3 is 0 Å². The van der Waals surface area contributed by atoms with Gasteiger partial charge in [0.25, 0.3) is 0 Å². The molecule has 0 aliphatic rings. The minimum atomic E-state index is -0.715. The number of hydrogen-bond donors (Lipinski definition) is 0. The second-order valence-electron chi connectivity index (χ2n) is 6.93. The molecule has 0 aromatic heterocycles. The van der Waals surface area contributed by atoms with Crippen LogP contribution in [0.1, 0.15) is 11.1 Å². The zero-order chi connectivity index (χ0) is 21.6. The molecule has 0 N–H and O–H groups in total. The number of halogens is 2. The van der Waals surface area contributed by atoms with Crippen molar-refractivity contribution >= 4 is 28.7 Å². The van der Waals surface area contributed by atoms with Gasteiger partial charge in [-0.25, -0.2) is 8.78 Å². The summed E-state index contributed by atoms with van der Waals surface area (Å²) in [6.07, 6.45) is 1.62. The smallest absolute Gasteiger partial charge is 0.126 e. The van der Waals surface area contributed by atoms with Crippen molar-refractivity contribution in [2.45, 2.75) is 0 Å². The van der Waals surface area contributed by atoms with E-state index in [2.05, 4.69) is 4.90 Å². The van der Waals surface area contributed by atoms with Gasteiger partial charge in [0.15, 0.2) is 0 Å². The summed E-state index contributed by atoms with van der Waals surface area (Å²) in [5.74, 6) is -1.43. The highest BCUT2D eigenvalue weighted by Crippen LogP contribution is 2.34. The molecule has 31 heavy (non-hydrogen) atoms. The number of para-hydroxylation sites is 2. The third-order valence-corrected chi connectivity index (χ3v) is 4.79.